The summed E-state index contributed by atoms with van der Waals surface area (Å²) in [7, 11) is 4.25. The first-order valence-electron chi connectivity index (χ1n) is 13.7. The van der Waals surface area contributed by atoms with Crippen LogP contribution in [-0.4, -0.2) is 42.8 Å². The highest BCUT2D eigenvalue weighted by Crippen LogP contribution is 1.96. The van der Waals surface area contributed by atoms with E-state index in [1.165, 1.54) is 6.38 Å². The second kappa shape index (κ2) is 76.8. The quantitative estimate of drug-likeness (QED) is 0.135. The number of alkyl halides is 1. The van der Waals surface area contributed by atoms with Gasteiger partial charge in [-0.15, -0.1) is 11.6 Å². The average molecular weight is 609 g/mol. The number of methoxy groups -OCH3 is 1. The largest absolute Gasteiger partial charge is 0.400 e. The summed E-state index contributed by atoms with van der Waals surface area (Å²) < 4.78 is 4.25. The zero-order valence-corrected chi connectivity index (χ0v) is 28.6. The highest BCUT2D eigenvalue weighted by atomic mass is 35.5. The topological polar surface area (TPSA) is 107 Å². The predicted molar refractivity (Wildman–Crippen MR) is 195 cm³/mol. The van der Waals surface area contributed by atoms with Crippen LogP contribution >= 0.6 is 11.6 Å². The summed E-state index contributed by atoms with van der Waals surface area (Å²) >= 11 is 4.64. The number of benzene rings is 2. The van der Waals surface area contributed by atoms with Gasteiger partial charge in [0.1, 0.15) is 0 Å². The van der Waals surface area contributed by atoms with Crippen LogP contribution in [0.1, 0.15) is 62.8 Å². The molecule has 2 aromatic heterocycles. The maximum Gasteiger partial charge on any atom is 0.0351 e. The average Bonchev–Trinajstić information content (AvgIpc) is 3.10. The molecule has 0 radical (unpaired) electrons. The van der Waals surface area contributed by atoms with E-state index in [0.717, 1.165) is 18.5 Å². The van der Waals surface area contributed by atoms with Crippen molar-refractivity contribution in [3.63, 3.8) is 0 Å². The number of aliphatic hydroxyl groups is 1. The van der Waals surface area contributed by atoms with Gasteiger partial charge in [0, 0.05) is 63.9 Å². The Morgan fingerprint density at radius 1 is 0.476 bits per heavy atom. The zero-order valence-electron chi connectivity index (χ0n) is 27.8. The number of pyridine rings is 2. The number of hydrogen-bond donors (Lipinski definition) is 3. The van der Waals surface area contributed by atoms with Gasteiger partial charge in [0.05, 0.1) is 0 Å². The molecule has 7 heteroatoms. The van der Waals surface area contributed by atoms with Crippen molar-refractivity contribution in [2.75, 3.05) is 39.2 Å². The summed E-state index contributed by atoms with van der Waals surface area (Å²) in [6.45, 7) is 16.0. The van der Waals surface area contributed by atoms with Crippen LogP contribution in [-0.2, 0) is 4.74 Å². The lowest BCUT2D eigenvalue weighted by atomic mass is 10.3. The van der Waals surface area contributed by atoms with Gasteiger partial charge in [0.2, 0.25) is 0 Å². The standard InChI is InChI=1S/2C6H7N.2C5H5N.C2H6O.4C2H6.CH3Cl.CH4O.CH4/c2*7-6-4-2-1-3-5-6;2*1-2-4-6-5-3-1;1-3-2;6*1-2;/h2*1-5H,7H2;2*1-5H;1-2H3;4*1-2H3;1H3;2H,1H3;1H4. The van der Waals surface area contributed by atoms with E-state index in [2.05, 4.69) is 26.3 Å². The lowest BCUT2D eigenvalue weighted by molar-refractivity contribution is 0.277. The maximum absolute atomic E-state index is 7.00. The minimum atomic E-state index is 0. The number of aliphatic hydroxyl groups excluding tert-OH is 1. The smallest absolute Gasteiger partial charge is 0.0351 e. The monoisotopic (exact) mass is 608 g/mol. The maximum atomic E-state index is 7.00. The summed E-state index contributed by atoms with van der Waals surface area (Å²) in [6.07, 6.45) is 8.47. The van der Waals surface area contributed by atoms with Crippen molar-refractivity contribution in [3.05, 3.63) is 122 Å². The molecule has 4 aromatic rings. The van der Waals surface area contributed by atoms with Crippen LogP contribution in [0, 0.1) is 0 Å². The van der Waals surface area contributed by atoms with Crippen LogP contribution in [0.5, 0.6) is 0 Å². The second-order valence-electron chi connectivity index (χ2n) is 5.28. The number of nitrogens with zero attached hydrogens (tertiary/aromatic N) is 2. The van der Waals surface area contributed by atoms with Crippen LogP contribution in [0.15, 0.2) is 122 Å². The molecule has 0 aliphatic carbocycles. The van der Waals surface area contributed by atoms with E-state index < -0.39 is 0 Å². The van der Waals surface area contributed by atoms with E-state index in [-0.39, 0.29) is 7.43 Å². The van der Waals surface area contributed by atoms with Crippen LogP contribution < -0.4 is 11.5 Å². The first kappa shape index (κ1) is 58.2. The second-order valence-corrected chi connectivity index (χ2v) is 5.28. The molecule has 0 atom stereocenters. The van der Waals surface area contributed by atoms with Crippen LogP contribution in [0.4, 0.5) is 11.4 Å². The van der Waals surface area contributed by atoms with Gasteiger partial charge in [0.15, 0.2) is 0 Å². The Morgan fingerprint density at radius 2 is 0.643 bits per heavy atom. The normalized spacial score (nSPS) is 6.43. The Balaban J connectivity index is -0.0000000530. The molecular formula is C35H65ClN4O2. The van der Waals surface area contributed by atoms with Gasteiger partial charge in [-0.2, -0.15) is 0 Å². The molecule has 0 spiro atoms. The Labute approximate surface area is 266 Å². The summed E-state index contributed by atoms with van der Waals surface area (Å²) in [4.78, 5) is 7.57. The SMILES string of the molecule is C.CC.CC.CC.CC.CCl.CO.COC.Nc1ccccc1.Nc1ccccc1.c1ccncc1.c1ccncc1. The van der Waals surface area contributed by atoms with Crippen LogP contribution in [0.2, 0.25) is 0 Å². The van der Waals surface area contributed by atoms with Gasteiger partial charge < -0.3 is 21.3 Å². The fraction of sp³-hybridized carbons (Fsp3) is 0.371. The molecule has 0 bridgehead atoms. The van der Waals surface area contributed by atoms with Crippen LogP contribution in [0.3, 0.4) is 0 Å². The van der Waals surface area contributed by atoms with E-state index in [4.69, 9.17) is 16.6 Å². The number of hydrogen-bond acceptors (Lipinski definition) is 6. The third kappa shape index (κ3) is 76.6. The van der Waals surface area contributed by atoms with Gasteiger partial charge in [-0.3, -0.25) is 9.97 Å². The molecule has 0 amide bonds. The van der Waals surface area contributed by atoms with Crippen LogP contribution in [0.25, 0.3) is 0 Å². The molecule has 4 rings (SSSR count). The van der Waals surface area contributed by atoms with Crippen molar-refractivity contribution < 1.29 is 9.84 Å². The number of para-hydroxylation sites is 2. The molecule has 0 fully saturated rings. The molecule has 244 valence electrons. The fourth-order valence-corrected chi connectivity index (χ4v) is 1.53. The number of ether oxygens (including phenoxy) is 1. The molecule has 5 N–H and O–H groups in total. The van der Waals surface area contributed by atoms with E-state index in [0.29, 0.717) is 0 Å². The number of anilines is 2. The van der Waals surface area contributed by atoms with Crippen molar-refractivity contribution in [2.24, 2.45) is 0 Å². The number of halogens is 1. The number of rotatable bonds is 0. The molecule has 0 saturated carbocycles. The van der Waals surface area contributed by atoms with E-state index in [1.54, 1.807) is 39.0 Å². The van der Waals surface area contributed by atoms with Gasteiger partial charge >= 0.3 is 0 Å². The lowest BCUT2D eigenvalue weighted by Crippen LogP contribution is -1.79. The van der Waals surface area contributed by atoms with Gasteiger partial charge in [-0.25, -0.2) is 0 Å². The van der Waals surface area contributed by atoms with Gasteiger partial charge in [0.25, 0.3) is 0 Å². The minimum absolute atomic E-state index is 0. The molecule has 0 aliphatic rings. The number of aromatic nitrogens is 2. The molecule has 6 nitrogen and oxygen atoms in total. The van der Waals surface area contributed by atoms with Crippen molar-refractivity contribution >= 4 is 23.0 Å². The predicted octanol–water partition coefficient (Wildman–Crippen LogP) is 10.2. The van der Waals surface area contributed by atoms with E-state index in [9.17, 15) is 0 Å². The summed E-state index contributed by atoms with van der Waals surface area (Å²) in [5.74, 6) is 0. The highest BCUT2D eigenvalue weighted by molar-refractivity contribution is 6.15. The van der Waals surface area contributed by atoms with E-state index >= 15 is 0 Å². The molecule has 0 saturated heterocycles. The fourth-order valence-electron chi connectivity index (χ4n) is 1.53. The van der Waals surface area contributed by atoms with Gasteiger partial charge in [-0.05, 0) is 48.5 Å². The van der Waals surface area contributed by atoms with Gasteiger partial charge in [-0.1, -0.05) is 111 Å². The zero-order chi connectivity index (χ0) is 33.4. The first-order chi connectivity index (χ1) is 20.2. The van der Waals surface area contributed by atoms with Crippen molar-refractivity contribution in [1.82, 2.24) is 9.97 Å². The summed E-state index contributed by atoms with van der Waals surface area (Å²) in [5, 5.41) is 7.00. The Bertz CT molecular complexity index is 662. The molecule has 2 heterocycles. The van der Waals surface area contributed by atoms with Crippen molar-refractivity contribution in [2.45, 2.75) is 62.8 Å². The molecule has 0 aliphatic heterocycles. The molecule has 2 aromatic carbocycles. The third-order valence-corrected chi connectivity index (χ3v) is 2.73. The lowest BCUT2D eigenvalue weighted by Gasteiger charge is -1.83. The molecule has 42 heavy (non-hydrogen) atoms. The molecular weight excluding hydrogens is 544 g/mol. The van der Waals surface area contributed by atoms with E-state index in [1.807, 2.05) is 152 Å². The minimum Gasteiger partial charge on any atom is -0.400 e. The highest BCUT2D eigenvalue weighted by Gasteiger charge is 1.73. The summed E-state index contributed by atoms with van der Waals surface area (Å²) in [6, 6.07) is 30.4. The third-order valence-electron chi connectivity index (χ3n) is 2.73. The number of nitrogens with two attached hydrogens (primary N) is 2. The van der Waals surface area contributed by atoms with Crippen molar-refractivity contribution in [1.29, 1.82) is 0 Å². The first-order valence-corrected chi connectivity index (χ1v) is 14.5. The Kier molecular flexibility index (Phi) is 107. The van der Waals surface area contributed by atoms with Crippen molar-refractivity contribution in [3.8, 4) is 0 Å². The summed E-state index contributed by atoms with van der Waals surface area (Å²) in [5.41, 5.74) is 12.4. The molecule has 0 unspecified atom stereocenters. The Morgan fingerprint density at radius 3 is 0.714 bits per heavy atom. The Hall–Kier alpha value is -3.45. The number of nitrogen functional groups attached to an aromatic ring is 2.